The number of hydrogen-bond donors (Lipinski definition) is 0. The van der Waals surface area contributed by atoms with E-state index < -0.39 is 0 Å². The van der Waals surface area contributed by atoms with E-state index in [2.05, 4.69) is 4.98 Å². The average Bonchev–Trinajstić information content (AvgIpc) is 2.97. The molecule has 0 fully saturated rings. The van der Waals surface area contributed by atoms with Gasteiger partial charge in [-0.15, -0.1) is 11.3 Å². The van der Waals surface area contributed by atoms with Crippen LogP contribution in [0.3, 0.4) is 0 Å². The number of nitrogens with zero attached hydrogens (tertiary/aromatic N) is 1. The molecule has 0 saturated carbocycles. The molecule has 0 saturated heterocycles. The van der Waals surface area contributed by atoms with Gasteiger partial charge in [-0.1, -0.05) is 35.9 Å². The minimum absolute atomic E-state index is 0.510. The second kappa shape index (κ2) is 6.38. The lowest BCUT2D eigenvalue weighted by molar-refractivity contribution is 0.415. The average molecular weight is 332 g/mol. The van der Waals surface area contributed by atoms with E-state index in [4.69, 9.17) is 21.1 Å². The molecule has 1 heterocycles. The Morgan fingerprint density at radius 2 is 1.50 bits per heavy atom. The lowest BCUT2D eigenvalue weighted by Gasteiger charge is -2.06. The van der Waals surface area contributed by atoms with E-state index in [0.29, 0.717) is 4.47 Å². The first kappa shape index (κ1) is 14.9. The summed E-state index contributed by atoms with van der Waals surface area (Å²) in [5.74, 6) is 1.59. The lowest BCUT2D eigenvalue weighted by Crippen LogP contribution is -1.87. The van der Waals surface area contributed by atoms with Gasteiger partial charge in [0, 0.05) is 5.56 Å². The van der Waals surface area contributed by atoms with Gasteiger partial charge < -0.3 is 9.47 Å². The van der Waals surface area contributed by atoms with Crippen LogP contribution >= 0.6 is 22.9 Å². The zero-order valence-corrected chi connectivity index (χ0v) is 13.7. The molecule has 0 aliphatic heterocycles. The Hall–Kier alpha value is -2.04. The monoisotopic (exact) mass is 331 g/mol. The maximum absolute atomic E-state index is 6.16. The lowest BCUT2D eigenvalue weighted by atomic mass is 10.1. The predicted octanol–water partition coefficient (Wildman–Crippen LogP) is 5.15. The third-order valence-electron chi connectivity index (χ3n) is 3.28. The fourth-order valence-electron chi connectivity index (χ4n) is 2.22. The summed E-state index contributed by atoms with van der Waals surface area (Å²) in [5.41, 5.74) is 2.85. The highest BCUT2D eigenvalue weighted by Crippen LogP contribution is 2.40. The molecule has 0 amide bonds. The first-order valence-corrected chi connectivity index (χ1v) is 7.86. The van der Waals surface area contributed by atoms with Gasteiger partial charge in [0.05, 0.1) is 24.8 Å². The van der Waals surface area contributed by atoms with Gasteiger partial charge in [-0.25, -0.2) is 4.98 Å². The quantitative estimate of drug-likeness (QED) is 0.662. The molecule has 0 radical (unpaired) electrons. The fraction of sp³-hybridized carbons (Fsp3) is 0.118. The Balaban J connectivity index is 2.13. The van der Waals surface area contributed by atoms with Crippen LogP contribution in [0.5, 0.6) is 11.5 Å². The van der Waals surface area contributed by atoms with Crippen LogP contribution in [0, 0.1) is 0 Å². The van der Waals surface area contributed by atoms with Crippen molar-refractivity contribution in [1.29, 1.82) is 0 Å². The topological polar surface area (TPSA) is 31.4 Å². The number of hydrogen-bond acceptors (Lipinski definition) is 4. The van der Waals surface area contributed by atoms with E-state index >= 15 is 0 Å². The minimum atomic E-state index is 0.510. The summed E-state index contributed by atoms with van der Waals surface area (Å²) >= 11 is 7.61. The van der Waals surface area contributed by atoms with Crippen LogP contribution < -0.4 is 9.47 Å². The van der Waals surface area contributed by atoms with Gasteiger partial charge in [-0.3, -0.25) is 0 Å². The van der Waals surface area contributed by atoms with Crippen molar-refractivity contribution < 1.29 is 9.47 Å². The van der Waals surface area contributed by atoms with Crippen LogP contribution in [0.25, 0.3) is 21.7 Å². The van der Waals surface area contributed by atoms with Gasteiger partial charge in [0.1, 0.15) is 11.5 Å². The standard InChI is InChI=1S/C17H14ClNO2S/c1-20-13-7-3-5-11(9-13)15-16(22-17(18)19-15)12-6-4-8-14(10-12)21-2/h3-10H,1-2H3. The number of aromatic nitrogens is 1. The summed E-state index contributed by atoms with van der Waals surface area (Å²) < 4.78 is 11.1. The van der Waals surface area contributed by atoms with Gasteiger partial charge in [-0.05, 0) is 29.8 Å². The molecule has 3 nitrogen and oxygen atoms in total. The highest BCUT2D eigenvalue weighted by atomic mass is 35.5. The fourth-order valence-corrected chi connectivity index (χ4v) is 3.35. The van der Waals surface area contributed by atoms with Crippen LogP contribution in [-0.2, 0) is 0 Å². The zero-order chi connectivity index (χ0) is 15.5. The van der Waals surface area contributed by atoms with Crippen molar-refractivity contribution in [2.75, 3.05) is 14.2 Å². The molecule has 0 N–H and O–H groups in total. The number of rotatable bonds is 4. The van der Waals surface area contributed by atoms with Crippen molar-refractivity contribution in [3.05, 3.63) is 53.0 Å². The first-order valence-electron chi connectivity index (χ1n) is 6.66. The smallest absolute Gasteiger partial charge is 0.184 e. The molecular formula is C17H14ClNO2S. The van der Waals surface area contributed by atoms with Crippen LogP contribution in [-0.4, -0.2) is 19.2 Å². The molecule has 3 aromatic rings. The molecule has 0 spiro atoms. The largest absolute Gasteiger partial charge is 0.497 e. The molecule has 0 bridgehead atoms. The molecule has 22 heavy (non-hydrogen) atoms. The van der Waals surface area contributed by atoms with Crippen molar-refractivity contribution in [3.63, 3.8) is 0 Å². The van der Waals surface area contributed by atoms with E-state index in [0.717, 1.165) is 33.2 Å². The number of methoxy groups -OCH3 is 2. The second-order valence-electron chi connectivity index (χ2n) is 4.61. The van der Waals surface area contributed by atoms with E-state index in [9.17, 15) is 0 Å². The predicted molar refractivity (Wildman–Crippen MR) is 91.1 cm³/mol. The summed E-state index contributed by atoms with van der Waals surface area (Å²) in [6.45, 7) is 0. The summed E-state index contributed by atoms with van der Waals surface area (Å²) in [5, 5.41) is 0. The minimum Gasteiger partial charge on any atom is -0.497 e. The highest BCUT2D eigenvalue weighted by Gasteiger charge is 2.15. The van der Waals surface area contributed by atoms with Gasteiger partial charge >= 0.3 is 0 Å². The SMILES string of the molecule is COc1cccc(-c2nc(Cl)sc2-c2cccc(OC)c2)c1. The Bertz CT molecular complexity index is 736. The summed E-state index contributed by atoms with van der Waals surface area (Å²) in [7, 11) is 3.30. The highest BCUT2D eigenvalue weighted by molar-refractivity contribution is 7.19. The van der Waals surface area contributed by atoms with E-state index in [1.165, 1.54) is 11.3 Å². The molecule has 0 aliphatic carbocycles. The van der Waals surface area contributed by atoms with E-state index in [1.807, 2.05) is 48.5 Å². The molecule has 0 atom stereocenters. The summed E-state index contributed by atoms with van der Waals surface area (Å²) in [6.07, 6.45) is 0. The van der Waals surface area contributed by atoms with Crippen molar-refractivity contribution in [2.24, 2.45) is 0 Å². The van der Waals surface area contributed by atoms with E-state index in [-0.39, 0.29) is 0 Å². The van der Waals surface area contributed by atoms with Crippen LogP contribution in [0.15, 0.2) is 48.5 Å². The maximum Gasteiger partial charge on any atom is 0.184 e. The normalized spacial score (nSPS) is 10.5. The molecular weight excluding hydrogens is 318 g/mol. The van der Waals surface area contributed by atoms with Crippen molar-refractivity contribution >= 4 is 22.9 Å². The van der Waals surface area contributed by atoms with Gasteiger partial charge in [0.2, 0.25) is 0 Å². The van der Waals surface area contributed by atoms with Gasteiger partial charge in [0.15, 0.2) is 4.47 Å². The molecule has 3 rings (SSSR count). The molecule has 2 aromatic carbocycles. The van der Waals surface area contributed by atoms with Crippen LogP contribution in [0.2, 0.25) is 4.47 Å². The molecule has 112 valence electrons. The summed E-state index contributed by atoms with van der Waals surface area (Å²) in [4.78, 5) is 5.49. The Kier molecular flexibility index (Phi) is 4.32. The number of benzene rings is 2. The first-order chi connectivity index (χ1) is 10.7. The molecule has 5 heteroatoms. The third-order valence-corrected chi connectivity index (χ3v) is 4.49. The van der Waals surface area contributed by atoms with Crippen LogP contribution in [0.4, 0.5) is 0 Å². The second-order valence-corrected chi connectivity index (χ2v) is 6.19. The molecule has 0 unspecified atom stereocenters. The van der Waals surface area contributed by atoms with Crippen molar-refractivity contribution in [1.82, 2.24) is 4.98 Å². The van der Waals surface area contributed by atoms with Gasteiger partial charge in [-0.2, -0.15) is 0 Å². The zero-order valence-electron chi connectivity index (χ0n) is 12.2. The van der Waals surface area contributed by atoms with Crippen molar-refractivity contribution in [3.8, 4) is 33.2 Å². The maximum atomic E-state index is 6.16. The molecule has 1 aromatic heterocycles. The Morgan fingerprint density at radius 3 is 2.14 bits per heavy atom. The number of thiazole rings is 1. The summed E-state index contributed by atoms with van der Waals surface area (Å²) in [6, 6.07) is 15.7. The molecule has 0 aliphatic rings. The van der Waals surface area contributed by atoms with E-state index in [1.54, 1.807) is 14.2 Å². The van der Waals surface area contributed by atoms with Gasteiger partial charge in [0.25, 0.3) is 0 Å². The van der Waals surface area contributed by atoms with Crippen LogP contribution in [0.1, 0.15) is 0 Å². The van der Waals surface area contributed by atoms with Crippen molar-refractivity contribution in [2.45, 2.75) is 0 Å². The Labute approximate surface area is 138 Å². The Morgan fingerprint density at radius 1 is 0.909 bits per heavy atom. The number of halogens is 1. The number of ether oxygens (including phenoxy) is 2. The third kappa shape index (κ3) is 2.93.